The Bertz CT molecular complexity index is 1620. The van der Waals surface area contributed by atoms with Gasteiger partial charge in [-0.3, -0.25) is 4.57 Å². The van der Waals surface area contributed by atoms with Crippen LogP contribution in [0.25, 0.3) is 10.2 Å². The van der Waals surface area contributed by atoms with Crippen LogP contribution in [0.15, 0.2) is 35.3 Å². The van der Waals surface area contributed by atoms with Gasteiger partial charge in [0, 0.05) is 32.5 Å². The number of carbonyl (C=O) groups excluding carboxylic acids is 2. The molecule has 0 N–H and O–H groups in total. The molecule has 0 radical (unpaired) electrons. The number of hydrogen-bond acceptors (Lipinski definition) is 11. The molecule has 4 rings (SSSR count). The Hall–Kier alpha value is -3.26. The van der Waals surface area contributed by atoms with Crippen molar-refractivity contribution in [3.63, 3.8) is 0 Å². The number of aromatic nitrogens is 4. The van der Waals surface area contributed by atoms with Crippen molar-refractivity contribution in [3.8, 4) is 0 Å². The number of esters is 1. The largest absolute Gasteiger partial charge is 0.461 e. The molecule has 3 aromatic heterocycles. The third kappa shape index (κ3) is 7.76. The predicted octanol–water partition coefficient (Wildman–Crippen LogP) is 6.12. The maximum atomic E-state index is 12.6. The Labute approximate surface area is 255 Å². The van der Waals surface area contributed by atoms with Crippen LogP contribution in [0, 0.1) is 12.8 Å². The lowest BCUT2D eigenvalue weighted by Gasteiger charge is -2.16. The van der Waals surface area contributed by atoms with Crippen LogP contribution in [-0.2, 0) is 27.4 Å². The monoisotopic (exact) mass is 626 g/mol. The number of fused-ring (bicyclic) bond motifs is 1. The van der Waals surface area contributed by atoms with Crippen LogP contribution in [0.4, 0.5) is 16.8 Å². The van der Waals surface area contributed by atoms with Crippen LogP contribution in [-0.4, -0.2) is 60.3 Å². The molecule has 0 saturated carbocycles. The Kier molecular flexibility index (Phi) is 10.4. The molecule has 0 aliphatic heterocycles. The van der Waals surface area contributed by atoms with E-state index in [2.05, 4.69) is 51.5 Å². The summed E-state index contributed by atoms with van der Waals surface area (Å²) < 4.78 is 14.5. The predicted molar refractivity (Wildman–Crippen MR) is 171 cm³/mol. The number of anilines is 2. The normalized spacial score (nSPS) is 13.0. The topological polar surface area (TPSA) is 112 Å². The fourth-order valence-electron chi connectivity index (χ4n) is 4.01. The summed E-state index contributed by atoms with van der Waals surface area (Å²) in [7, 11) is 0.625. The number of aldehydes is 1. The van der Waals surface area contributed by atoms with Crippen molar-refractivity contribution in [2.45, 2.75) is 59.6 Å². The molecule has 0 amide bonds. The van der Waals surface area contributed by atoms with Crippen molar-refractivity contribution >= 4 is 70.0 Å². The van der Waals surface area contributed by atoms with Crippen molar-refractivity contribution in [3.05, 3.63) is 51.3 Å². The van der Waals surface area contributed by atoms with Gasteiger partial charge in [-0.05, 0) is 50.1 Å². The van der Waals surface area contributed by atoms with E-state index in [0.717, 1.165) is 39.5 Å². The number of carbonyl (C=O) groups is 2. The van der Waals surface area contributed by atoms with Gasteiger partial charge in [-0.15, -0.1) is 21.5 Å². The summed E-state index contributed by atoms with van der Waals surface area (Å²) in [6, 6.07) is 11.2. The summed E-state index contributed by atoms with van der Waals surface area (Å²) in [6.07, 6.45) is 1.28. The highest BCUT2D eigenvalue weighted by molar-refractivity contribution is 7.16. The van der Waals surface area contributed by atoms with Crippen molar-refractivity contribution in [2.75, 3.05) is 25.2 Å². The van der Waals surface area contributed by atoms with Gasteiger partial charge in [-0.25, -0.2) is 9.78 Å². The molecular formula is C29H38N6O4S2Si. The molecule has 0 aliphatic rings. The number of ether oxygens (including phenoxy) is 2. The van der Waals surface area contributed by atoms with Gasteiger partial charge >= 0.3 is 5.97 Å². The van der Waals surface area contributed by atoms with E-state index in [0.29, 0.717) is 34.8 Å². The molecule has 0 saturated heterocycles. The highest BCUT2D eigenvalue weighted by Gasteiger charge is 2.23. The Morgan fingerprint density at radius 3 is 2.67 bits per heavy atom. The minimum absolute atomic E-state index is 0.232. The first kappa shape index (κ1) is 31.7. The number of hydrogen-bond donors (Lipinski definition) is 0. The molecule has 10 nitrogen and oxygen atoms in total. The number of thiazole rings is 2. The minimum Gasteiger partial charge on any atom is -0.461 e. The van der Waals surface area contributed by atoms with E-state index in [9.17, 15) is 9.59 Å². The molecule has 0 aliphatic carbocycles. The average Bonchev–Trinajstić information content (AvgIpc) is 3.52. The maximum Gasteiger partial charge on any atom is 0.358 e. The smallest absolute Gasteiger partial charge is 0.358 e. The number of aryl methyl sites for hydroxylation is 1. The molecule has 1 unspecified atom stereocenters. The lowest BCUT2D eigenvalue weighted by molar-refractivity contribution is -0.110. The molecule has 13 heteroatoms. The third-order valence-electron chi connectivity index (χ3n) is 6.48. The molecule has 224 valence electrons. The average molecular weight is 627 g/mol. The van der Waals surface area contributed by atoms with Crippen molar-refractivity contribution in [1.82, 2.24) is 19.7 Å². The summed E-state index contributed by atoms with van der Waals surface area (Å²) in [5.41, 5.74) is 2.14. The van der Waals surface area contributed by atoms with E-state index in [4.69, 9.17) is 14.5 Å². The molecule has 3 heterocycles. The molecule has 0 bridgehead atoms. The number of para-hydroxylation sites is 1. The Morgan fingerprint density at radius 1 is 1.21 bits per heavy atom. The molecule has 1 atom stereocenters. The highest BCUT2D eigenvalue weighted by atomic mass is 32.1. The first-order chi connectivity index (χ1) is 20.0. The van der Waals surface area contributed by atoms with Gasteiger partial charge < -0.3 is 19.2 Å². The fourth-order valence-corrected chi connectivity index (χ4v) is 6.95. The quantitative estimate of drug-likeness (QED) is 0.0755. The van der Waals surface area contributed by atoms with Gasteiger partial charge in [-0.1, -0.05) is 50.0 Å². The summed E-state index contributed by atoms with van der Waals surface area (Å²) in [6.45, 7) is 13.9. The molecule has 4 aromatic rings. The van der Waals surface area contributed by atoms with Crippen molar-refractivity contribution in [2.24, 2.45) is 10.9 Å². The second-order valence-corrected chi connectivity index (χ2v) is 19.0. The first-order valence-electron chi connectivity index (χ1n) is 13.9. The van der Waals surface area contributed by atoms with E-state index < -0.39 is 14.0 Å². The zero-order chi connectivity index (χ0) is 30.4. The number of benzene rings is 1. The van der Waals surface area contributed by atoms with Crippen molar-refractivity contribution < 1.29 is 19.1 Å². The van der Waals surface area contributed by atoms with Crippen LogP contribution < -0.4 is 9.70 Å². The number of rotatable bonds is 13. The Balaban J connectivity index is 1.63. The minimum atomic E-state index is -1.19. The summed E-state index contributed by atoms with van der Waals surface area (Å²) in [5.74, 6) is 0.326. The van der Waals surface area contributed by atoms with Crippen LogP contribution in [0.5, 0.6) is 0 Å². The van der Waals surface area contributed by atoms with Crippen LogP contribution in [0.2, 0.25) is 25.7 Å². The molecule has 42 heavy (non-hydrogen) atoms. The van der Waals surface area contributed by atoms with Gasteiger partial charge in [0.25, 0.3) is 0 Å². The van der Waals surface area contributed by atoms with Gasteiger partial charge in [-0.2, -0.15) is 4.99 Å². The van der Waals surface area contributed by atoms with Crippen LogP contribution >= 0.6 is 22.7 Å². The van der Waals surface area contributed by atoms with E-state index in [-0.39, 0.29) is 18.2 Å². The van der Waals surface area contributed by atoms with Gasteiger partial charge in [0.1, 0.15) is 13.0 Å². The first-order valence-corrected chi connectivity index (χ1v) is 19.3. The van der Waals surface area contributed by atoms with Crippen LogP contribution in [0.1, 0.15) is 34.8 Å². The summed E-state index contributed by atoms with van der Waals surface area (Å²) in [4.78, 5) is 36.5. The number of nitrogens with zero attached hydrogens (tertiary/aromatic N) is 6. The van der Waals surface area contributed by atoms with Gasteiger partial charge in [0.05, 0.1) is 16.8 Å². The van der Waals surface area contributed by atoms with Crippen LogP contribution in [0.3, 0.4) is 0 Å². The summed E-state index contributed by atoms with van der Waals surface area (Å²) in [5, 5.41) is 9.45. The second-order valence-electron chi connectivity index (χ2n) is 11.3. The zero-order valence-corrected chi connectivity index (χ0v) is 27.8. The SMILES string of the molecule is CCOC(=O)c1nc(N(C)c2cc(C)c(/N=c3\sc4ccccc4n3COCC[Si](C)(C)C)nn2)sc1CC(C)C=O. The van der Waals surface area contributed by atoms with Gasteiger partial charge in [0.15, 0.2) is 27.3 Å². The summed E-state index contributed by atoms with van der Waals surface area (Å²) >= 11 is 2.92. The molecule has 0 spiro atoms. The van der Waals surface area contributed by atoms with E-state index >= 15 is 0 Å². The standard InChI is InChI=1S/C29H38N6O4S2Si/c1-8-39-27(37)25-23(15-19(2)17-36)41-28(30-25)34(4)24-16-20(3)26(33-32-24)31-29-35(18-38-13-14-42(5,6)7)21-11-9-10-12-22(21)40-29/h9-12,16-17,19H,8,13-15,18H2,1-7H3/b31-29-. The highest BCUT2D eigenvalue weighted by Crippen LogP contribution is 2.32. The fraction of sp³-hybridized carbons (Fsp3) is 0.448. The van der Waals surface area contributed by atoms with E-state index in [1.807, 2.05) is 39.1 Å². The molecule has 0 fully saturated rings. The lowest BCUT2D eigenvalue weighted by atomic mass is 10.1. The Morgan fingerprint density at radius 2 is 1.98 bits per heavy atom. The molecule has 1 aromatic carbocycles. The lowest BCUT2D eigenvalue weighted by Crippen LogP contribution is -2.23. The molecular weight excluding hydrogens is 589 g/mol. The van der Waals surface area contributed by atoms with Gasteiger partial charge in [0.2, 0.25) is 0 Å². The third-order valence-corrected chi connectivity index (χ3v) is 10.4. The van der Waals surface area contributed by atoms with E-state index in [1.165, 1.54) is 11.3 Å². The van der Waals surface area contributed by atoms with Crippen molar-refractivity contribution in [1.29, 1.82) is 0 Å². The zero-order valence-electron chi connectivity index (χ0n) is 25.2. The maximum absolute atomic E-state index is 12.6. The van der Waals surface area contributed by atoms with E-state index in [1.54, 1.807) is 23.2 Å². The second kappa shape index (κ2) is 13.8.